The van der Waals surface area contributed by atoms with Gasteiger partial charge in [-0.1, -0.05) is 0 Å². The van der Waals surface area contributed by atoms with Crippen LogP contribution in [0.5, 0.6) is 0 Å². The zero-order valence-corrected chi connectivity index (χ0v) is 5.99. The zero-order valence-electron chi connectivity index (χ0n) is 5.99. The molecule has 0 atom stereocenters. The second-order valence-electron chi connectivity index (χ2n) is 2.21. The number of hydrogen-bond donors (Lipinski definition) is 0. The van der Waals surface area contributed by atoms with E-state index in [9.17, 15) is 0 Å². The van der Waals surface area contributed by atoms with E-state index in [0.29, 0.717) is 0 Å². The molecule has 0 aliphatic rings. The first kappa shape index (κ1) is 7.15. The maximum absolute atomic E-state index is 4.07. The Hall–Kier alpha value is -0.960. The van der Waals surface area contributed by atoms with E-state index in [-0.39, 0.29) is 0 Å². The molecule has 1 heterocycles. The Bertz CT molecular complexity index is 183. The minimum atomic E-state index is 0.744. The normalized spacial score (nSPS) is 10.3. The molecular weight excluding hydrogens is 126 g/mol. The van der Waals surface area contributed by atoms with Crippen LogP contribution < -0.4 is 0 Å². The van der Waals surface area contributed by atoms with Gasteiger partial charge < -0.3 is 0 Å². The van der Waals surface area contributed by atoms with E-state index in [4.69, 9.17) is 0 Å². The maximum Gasteiger partial charge on any atom is 0.0726 e. The van der Waals surface area contributed by atoms with Crippen molar-refractivity contribution >= 4 is 0 Å². The molecule has 0 unspecified atom stereocenters. The molecule has 0 N–H and O–H groups in total. The van der Waals surface area contributed by atoms with Gasteiger partial charge in [0.2, 0.25) is 0 Å². The summed E-state index contributed by atoms with van der Waals surface area (Å²) in [5, 5.41) is 0. The Balaban J connectivity index is 2.59. The highest BCUT2D eigenvalue weighted by molar-refractivity contribution is 4.93. The molecule has 0 aliphatic carbocycles. The largest absolute Gasteiger partial charge is 0.299 e. The Morgan fingerprint density at radius 1 is 1.60 bits per heavy atom. The summed E-state index contributed by atoms with van der Waals surface area (Å²) in [5.41, 5.74) is 0.944. The lowest BCUT2D eigenvalue weighted by molar-refractivity contribution is 0.437. The van der Waals surface area contributed by atoms with E-state index in [1.807, 2.05) is 11.9 Å². The van der Waals surface area contributed by atoms with Gasteiger partial charge in [0.05, 0.1) is 5.69 Å². The number of nitrogens with zero attached hydrogens (tertiary/aromatic N) is 3. The summed E-state index contributed by atoms with van der Waals surface area (Å²) in [6.07, 6.45) is 5.08. The molecule has 3 heteroatoms. The highest BCUT2D eigenvalue weighted by Crippen LogP contribution is 1.93. The van der Waals surface area contributed by atoms with Gasteiger partial charge in [0.15, 0.2) is 0 Å². The van der Waals surface area contributed by atoms with Crippen LogP contribution in [0.2, 0.25) is 0 Å². The Kier molecular flexibility index (Phi) is 2.34. The zero-order chi connectivity index (χ0) is 7.40. The molecule has 3 nitrogen and oxygen atoms in total. The summed E-state index contributed by atoms with van der Waals surface area (Å²) >= 11 is 0. The predicted molar refractivity (Wildman–Crippen MR) is 38.9 cm³/mol. The molecule has 0 spiro atoms. The van der Waals surface area contributed by atoms with E-state index in [1.54, 1.807) is 18.6 Å². The van der Waals surface area contributed by atoms with E-state index in [0.717, 1.165) is 12.2 Å². The van der Waals surface area contributed by atoms with Crippen LogP contribution in [0, 0.1) is 7.05 Å². The highest BCUT2D eigenvalue weighted by Gasteiger charge is 1.93. The summed E-state index contributed by atoms with van der Waals surface area (Å²) in [6, 6.07) is 0. The van der Waals surface area contributed by atoms with Gasteiger partial charge in [0.1, 0.15) is 0 Å². The quantitative estimate of drug-likeness (QED) is 0.599. The summed E-state index contributed by atoms with van der Waals surface area (Å²) in [6.45, 7) is 0.744. The lowest BCUT2D eigenvalue weighted by atomic mass is 10.4. The Labute approximate surface area is 60.7 Å². The van der Waals surface area contributed by atoms with Crippen LogP contribution in [0.1, 0.15) is 5.69 Å². The molecule has 0 fully saturated rings. The summed E-state index contributed by atoms with van der Waals surface area (Å²) in [5.74, 6) is 0. The third kappa shape index (κ3) is 2.11. The lowest BCUT2D eigenvalue weighted by Crippen LogP contribution is -2.09. The highest BCUT2D eigenvalue weighted by atomic mass is 15.1. The molecule has 10 heavy (non-hydrogen) atoms. The van der Waals surface area contributed by atoms with Crippen LogP contribution in [0.15, 0.2) is 18.6 Å². The molecule has 1 aromatic rings. The summed E-state index contributed by atoms with van der Waals surface area (Å²) in [7, 11) is 5.60. The van der Waals surface area contributed by atoms with Crippen molar-refractivity contribution in [3.63, 3.8) is 0 Å². The molecule has 0 aromatic carbocycles. The summed E-state index contributed by atoms with van der Waals surface area (Å²) in [4.78, 5) is 9.81. The minimum absolute atomic E-state index is 0.744. The van der Waals surface area contributed by atoms with Gasteiger partial charge in [0.25, 0.3) is 0 Å². The van der Waals surface area contributed by atoms with E-state index in [1.165, 1.54) is 0 Å². The first-order valence-corrected chi connectivity index (χ1v) is 3.05. The van der Waals surface area contributed by atoms with Gasteiger partial charge in [-0.15, -0.1) is 0 Å². The van der Waals surface area contributed by atoms with Crippen LogP contribution in [-0.4, -0.2) is 21.9 Å². The van der Waals surface area contributed by atoms with Crippen molar-refractivity contribution in [2.75, 3.05) is 7.05 Å². The maximum atomic E-state index is 4.07. The number of rotatable bonds is 2. The molecule has 1 rings (SSSR count). The van der Waals surface area contributed by atoms with Gasteiger partial charge in [0, 0.05) is 32.2 Å². The first-order chi connectivity index (χ1) is 4.79. The average molecular weight is 136 g/mol. The Morgan fingerprint density at radius 2 is 2.40 bits per heavy atom. The van der Waals surface area contributed by atoms with Crippen molar-refractivity contribution in [1.82, 2.24) is 14.9 Å². The first-order valence-electron chi connectivity index (χ1n) is 3.05. The van der Waals surface area contributed by atoms with Crippen molar-refractivity contribution in [1.29, 1.82) is 0 Å². The Morgan fingerprint density at radius 3 is 2.90 bits per heavy atom. The molecule has 0 saturated carbocycles. The van der Waals surface area contributed by atoms with Crippen molar-refractivity contribution in [3.05, 3.63) is 31.3 Å². The molecule has 1 radical (unpaired) electrons. The molecule has 0 bridgehead atoms. The lowest BCUT2D eigenvalue weighted by Gasteiger charge is -2.06. The van der Waals surface area contributed by atoms with Gasteiger partial charge >= 0.3 is 0 Å². The van der Waals surface area contributed by atoms with Crippen LogP contribution in [0.25, 0.3) is 0 Å². The third-order valence-corrected chi connectivity index (χ3v) is 1.05. The standard InChI is InChI=1S/C7H10N3/c1-10(2)6-7-5-8-3-4-9-7/h3-5H,1,6H2,2H3. The number of hydrogen-bond acceptors (Lipinski definition) is 3. The molecule has 53 valence electrons. The molecular formula is C7H10N3. The second-order valence-corrected chi connectivity index (χ2v) is 2.21. The van der Waals surface area contributed by atoms with Gasteiger partial charge in [-0.2, -0.15) is 0 Å². The van der Waals surface area contributed by atoms with E-state index < -0.39 is 0 Å². The van der Waals surface area contributed by atoms with Gasteiger partial charge in [-0.25, -0.2) is 0 Å². The molecule has 0 saturated heterocycles. The van der Waals surface area contributed by atoms with Crippen molar-refractivity contribution < 1.29 is 0 Å². The fraction of sp³-hybridized carbons (Fsp3) is 0.286. The smallest absolute Gasteiger partial charge is 0.0726 e. The fourth-order valence-corrected chi connectivity index (χ4v) is 0.688. The van der Waals surface area contributed by atoms with Crippen molar-refractivity contribution in [3.8, 4) is 0 Å². The van der Waals surface area contributed by atoms with Crippen LogP contribution >= 0.6 is 0 Å². The average Bonchev–Trinajstić information content (AvgIpc) is 1.88. The van der Waals surface area contributed by atoms with Crippen LogP contribution in [0.3, 0.4) is 0 Å². The van der Waals surface area contributed by atoms with E-state index >= 15 is 0 Å². The molecule has 0 aliphatic heterocycles. The van der Waals surface area contributed by atoms with E-state index in [2.05, 4.69) is 17.0 Å². The molecule has 1 aromatic heterocycles. The van der Waals surface area contributed by atoms with Crippen molar-refractivity contribution in [2.45, 2.75) is 6.54 Å². The van der Waals surface area contributed by atoms with Crippen LogP contribution in [-0.2, 0) is 6.54 Å². The van der Waals surface area contributed by atoms with Gasteiger partial charge in [-0.3, -0.25) is 14.9 Å². The predicted octanol–water partition coefficient (Wildman–Crippen LogP) is 0.700. The minimum Gasteiger partial charge on any atom is -0.299 e. The topological polar surface area (TPSA) is 29.0 Å². The van der Waals surface area contributed by atoms with Crippen LogP contribution in [0.4, 0.5) is 0 Å². The second kappa shape index (κ2) is 3.27. The SMILES string of the molecule is [CH2]N(C)Cc1cnccn1. The third-order valence-electron chi connectivity index (χ3n) is 1.05. The molecule has 0 amide bonds. The fourth-order valence-electron chi connectivity index (χ4n) is 0.688. The van der Waals surface area contributed by atoms with Crippen molar-refractivity contribution in [2.24, 2.45) is 0 Å². The monoisotopic (exact) mass is 136 g/mol. The number of aromatic nitrogens is 2. The van der Waals surface area contributed by atoms with Gasteiger partial charge in [-0.05, 0) is 7.05 Å². The summed E-state index contributed by atoms with van der Waals surface area (Å²) < 4.78 is 0.